The molecule has 2 N–H and O–H groups in total. The number of rotatable bonds is 8. The first kappa shape index (κ1) is 18.7. The van der Waals surface area contributed by atoms with Crippen LogP contribution in [0.3, 0.4) is 0 Å². The zero-order chi connectivity index (χ0) is 16.7. The molecule has 0 bridgehead atoms. The van der Waals surface area contributed by atoms with Crippen LogP contribution in [0.1, 0.15) is 58.8 Å². The van der Waals surface area contributed by atoms with Crippen LogP contribution in [0.15, 0.2) is 0 Å². The highest BCUT2D eigenvalue weighted by Crippen LogP contribution is 2.32. The van der Waals surface area contributed by atoms with Crippen molar-refractivity contribution in [3.63, 3.8) is 0 Å². The Morgan fingerprint density at radius 2 is 1.83 bits per heavy atom. The SMILES string of the molecule is CCC(CC)C(CNC(=O)CC1(O)CCCC1)N1CCOCC1. The van der Waals surface area contributed by atoms with E-state index < -0.39 is 5.60 Å². The summed E-state index contributed by atoms with van der Waals surface area (Å²) >= 11 is 0. The fraction of sp³-hybridized carbons (Fsp3) is 0.944. The number of morpholine rings is 1. The van der Waals surface area contributed by atoms with E-state index in [-0.39, 0.29) is 12.3 Å². The largest absolute Gasteiger partial charge is 0.389 e. The van der Waals surface area contributed by atoms with E-state index in [4.69, 9.17) is 4.74 Å². The minimum Gasteiger partial charge on any atom is -0.389 e. The maximum atomic E-state index is 12.3. The molecule has 2 fully saturated rings. The first-order chi connectivity index (χ1) is 11.1. The number of nitrogens with zero attached hydrogens (tertiary/aromatic N) is 1. The highest BCUT2D eigenvalue weighted by atomic mass is 16.5. The van der Waals surface area contributed by atoms with E-state index in [2.05, 4.69) is 24.1 Å². The van der Waals surface area contributed by atoms with Gasteiger partial charge in [-0.15, -0.1) is 0 Å². The Labute approximate surface area is 140 Å². The van der Waals surface area contributed by atoms with Crippen LogP contribution >= 0.6 is 0 Å². The minimum atomic E-state index is -0.756. The van der Waals surface area contributed by atoms with Crippen LogP contribution in [-0.4, -0.2) is 60.4 Å². The van der Waals surface area contributed by atoms with Crippen molar-refractivity contribution >= 4 is 5.91 Å². The van der Waals surface area contributed by atoms with Crippen molar-refractivity contribution in [1.29, 1.82) is 0 Å². The number of amides is 1. The third kappa shape index (κ3) is 5.44. The van der Waals surface area contributed by atoms with Gasteiger partial charge in [0.25, 0.3) is 0 Å². The molecular formula is C18H34N2O3. The van der Waals surface area contributed by atoms with Crippen molar-refractivity contribution in [1.82, 2.24) is 10.2 Å². The normalized spacial score (nSPS) is 23.1. The van der Waals surface area contributed by atoms with E-state index in [1.165, 1.54) is 0 Å². The highest BCUT2D eigenvalue weighted by Gasteiger charge is 2.34. The van der Waals surface area contributed by atoms with Gasteiger partial charge in [0, 0.05) is 25.7 Å². The molecule has 0 aromatic carbocycles. The van der Waals surface area contributed by atoms with Gasteiger partial charge in [0.2, 0.25) is 5.91 Å². The minimum absolute atomic E-state index is 0.00128. The summed E-state index contributed by atoms with van der Waals surface area (Å²) < 4.78 is 5.46. The molecule has 1 saturated heterocycles. The highest BCUT2D eigenvalue weighted by molar-refractivity contribution is 5.77. The van der Waals surface area contributed by atoms with Crippen LogP contribution in [0.4, 0.5) is 0 Å². The van der Waals surface area contributed by atoms with Crippen LogP contribution in [-0.2, 0) is 9.53 Å². The molecule has 1 unspecified atom stereocenters. The fourth-order valence-electron chi connectivity index (χ4n) is 4.13. The number of hydrogen-bond acceptors (Lipinski definition) is 4. The lowest BCUT2D eigenvalue weighted by molar-refractivity contribution is -0.126. The number of aliphatic hydroxyl groups is 1. The molecule has 5 nitrogen and oxygen atoms in total. The molecule has 1 amide bonds. The van der Waals surface area contributed by atoms with Gasteiger partial charge in [-0.05, 0) is 18.8 Å². The first-order valence-electron chi connectivity index (χ1n) is 9.39. The number of carbonyl (C=O) groups excluding carboxylic acids is 1. The molecule has 0 aromatic heterocycles. The molecule has 134 valence electrons. The Kier molecular flexibility index (Phi) is 7.31. The Morgan fingerprint density at radius 1 is 1.22 bits per heavy atom. The quantitative estimate of drug-likeness (QED) is 0.715. The average Bonchev–Trinajstić information content (AvgIpc) is 2.98. The topological polar surface area (TPSA) is 61.8 Å². The fourth-order valence-corrected chi connectivity index (χ4v) is 4.13. The van der Waals surface area contributed by atoms with Crippen LogP contribution in [0.25, 0.3) is 0 Å². The van der Waals surface area contributed by atoms with Gasteiger partial charge in [-0.1, -0.05) is 39.5 Å². The lowest BCUT2D eigenvalue weighted by Gasteiger charge is -2.39. The standard InChI is InChI=1S/C18H34N2O3/c1-3-15(4-2)16(20-9-11-23-12-10-20)14-19-17(21)13-18(22)7-5-6-8-18/h15-16,22H,3-14H2,1-2H3,(H,19,21). The maximum absolute atomic E-state index is 12.3. The van der Waals surface area contributed by atoms with Crippen molar-refractivity contribution < 1.29 is 14.6 Å². The molecule has 23 heavy (non-hydrogen) atoms. The molecule has 2 aliphatic rings. The molecule has 0 aromatic rings. The van der Waals surface area contributed by atoms with Crippen molar-refractivity contribution in [2.45, 2.75) is 70.4 Å². The smallest absolute Gasteiger partial charge is 0.222 e. The molecule has 2 rings (SSSR count). The molecule has 1 saturated carbocycles. The molecule has 0 radical (unpaired) electrons. The van der Waals surface area contributed by atoms with Crippen LogP contribution in [0, 0.1) is 5.92 Å². The Balaban J connectivity index is 1.87. The monoisotopic (exact) mass is 326 g/mol. The molecular weight excluding hydrogens is 292 g/mol. The number of nitrogens with one attached hydrogen (secondary N) is 1. The second-order valence-electron chi connectivity index (χ2n) is 7.20. The van der Waals surface area contributed by atoms with Crippen LogP contribution in [0.2, 0.25) is 0 Å². The molecule has 1 heterocycles. The Hall–Kier alpha value is -0.650. The summed E-state index contributed by atoms with van der Waals surface area (Å²) in [4.78, 5) is 14.7. The predicted octanol–water partition coefficient (Wildman–Crippen LogP) is 1.93. The number of ether oxygens (including phenoxy) is 1. The Bertz CT molecular complexity index is 359. The van der Waals surface area contributed by atoms with E-state index in [9.17, 15) is 9.90 Å². The van der Waals surface area contributed by atoms with Gasteiger partial charge in [0.15, 0.2) is 0 Å². The van der Waals surface area contributed by atoms with E-state index in [1.807, 2.05) is 0 Å². The lowest BCUT2D eigenvalue weighted by atomic mass is 9.92. The van der Waals surface area contributed by atoms with Gasteiger partial charge >= 0.3 is 0 Å². The van der Waals surface area contributed by atoms with E-state index in [1.54, 1.807) is 0 Å². The van der Waals surface area contributed by atoms with Crippen molar-refractivity contribution in [2.24, 2.45) is 5.92 Å². The van der Waals surface area contributed by atoms with Gasteiger partial charge in [0.1, 0.15) is 0 Å². The van der Waals surface area contributed by atoms with E-state index in [0.717, 1.165) is 64.8 Å². The molecule has 0 spiro atoms. The van der Waals surface area contributed by atoms with Gasteiger partial charge in [-0.3, -0.25) is 9.69 Å². The van der Waals surface area contributed by atoms with E-state index in [0.29, 0.717) is 18.5 Å². The summed E-state index contributed by atoms with van der Waals surface area (Å²) in [6, 6.07) is 0.371. The van der Waals surface area contributed by atoms with Gasteiger partial charge in [-0.25, -0.2) is 0 Å². The van der Waals surface area contributed by atoms with Crippen molar-refractivity contribution in [2.75, 3.05) is 32.8 Å². The van der Waals surface area contributed by atoms with E-state index >= 15 is 0 Å². The maximum Gasteiger partial charge on any atom is 0.222 e. The zero-order valence-electron chi connectivity index (χ0n) is 14.9. The Morgan fingerprint density at radius 3 is 2.39 bits per heavy atom. The molecule has 5 heteroatoms. The van der Waals surface area contributed by atoms with Crippen LogP contribution in [0.5, 0.6) is 0 Å². The van der Waals surface area contributed by atoms with Crippen molar-refractivity contribution in [3.05, 3.63) is 0 Å². The first-order valence-corrected chi connectivity index (χ1v) is 9.39. The van der Waals surface area contributed by atoms with Gasteiger partial charge in [0.05, 0.1) is 25.2 Å². The summed E-state index contributed by atoms with van der Waals surface area (Å²) in [5.74, 6) is 0.585. The molecule has 1 aliphatic carbocycles. The van der Waals surface area contributed by atoms with Gasteiger partial charge < -0.3 is 15.2 Å². The second-order valence-corrected chi connectivity index (χ2v) is 7.20. The third-order valence-corrected chi connectivity index (χ3v) is 5.64. The molecule has 1 atom stereocenters. The summed E-state index contributed by atoms with van der Waals surface area (Å²) in [6.07, 6.45) is 6.10. The number of hydrogen-bond donors (Lipinski definition) is 2. The predicted molar refractivity (Wildman–Crippen MR) is 91.3 cm³/mol. The summed E-state index contributed by atoms with van der Waals surface area (Å²) in [6.45, 7) is 8.59. The summed E-state index contributed by atoms with van der Waals surface area (Å²) in [5.41, 5.74) is -0.756. The third-order valence-electron chi connectivity index (χ3n) is 5.64. The van der Waals surface area contributed by atoms with Crippen molar-refractivity contribution in [3.8, 4) is 0 Å². The number of carbonyl (C=O) groups is 1. The molecule has 1 aliphatic heterocycles. The lowest BCUT2D eigenvalue weighted by Crippen LogP contribution is -2.52. The zero-order valence-corrected chi connectivity index (χ0v) is 14.9. The van der Waals surface area contributed by atoms with Gasteiger partial charge in [-0.2, -0.15) is 0 Å². The summed E-state index contributed by atoms with van der Waals surface area (Å²) in [7, 11) is 0. The van der Waals surface area contributed by atoms with Crippen LogP contribution < -0.4 is 5.32 Å². The average molecular weight is 326 g/mol. The second kappa shape index (κ2) is 9.00. The summed E-state index contributed by atoms with van der Waals surface area (Å²) in [5, 5.41) is 13.5.